The summed E-state index contributed by atoms with van der Waals surface area (Å²) in [6.07, 6.45) is 1.61. The lowest BCUT2D eigenvalue weighted by atomic mass is 9.95. The molecular formula is C18H27ClN4O9P2. The van der Waals surface area contributed by atoms with Crippen molar-refractivity contribution in [3.05, 3.63) is 23.1 Å². The van der Waals surface area contributed by atoms with Gasteiger partial charge in [-0.25, -0.2) is 9.50 Å². The van der Waals surface area contributed by atoms with E-state index >= 15 is 0 Å². The first-order valence-electron chi connectivity index (χ1n) is 10.8. The van der Waals surface area contributed by atoms with Gasteiger partial charge in [-0.15, -0.1) is 0 Å². The van der Waals surface area contributed by atoms with E-state index < -0.39 is 52.1 Å². The van der Waals surface area contributed by atoms with Gasteiger partial charge in [0.05, 0.1) is 24.2 Å². The smallest absolute Gasteiger partial charge is 0.340 e. The molecule has 1 aliphatic heterocycles. The molecule has 0 spiro atoms. The highest BCUT2D eigenvalue weighted by atomic mass is 35.5. The number of hydrogen-bond acceptors (Lipinski definition) is 9. The molecule has 0 aromatic carbocycles. The average molecular weight is 541 g/mol. The van der Waals surface area contributed by atoms with E-state index in [9.17, 15) is 24.2 Å². The maximum Gasteiger partial charge on any atom is 0.340 e. The molecule has 190 valence electrons. The molecule has 1 saturated heterocycles. The first-order valence-corrected chi connectivity index (χ1v) is 14.7. The lowest BCUT2D eigenvalue weighted by Gasteiger charge is -2.24. The normalized spacial score (nSPS) is 28.3. The molecule has 2 aromatic heterocycles. The van der Waals surface area contributed by atoms with E-state index in [0.717, 1.165) is 25.7 Å². The summed E-state index contributed by atoms with van der Waals surface area (Å²) in [5.74, 6) is -1.37. The van der Waals surface area contributed by atoms with Crippen LogP contribution in [0.1, 0.15) is 43.9 Å². The number of imidazole rings is 1. The third-order valence-electron chi connectivity index (χ3n) is 5.89. The number of hydrogen-bond donors (Lipinski definition) is 6. The summed E-state index contributed by atoms with van der Waals surface area (Å²) in [6.45, 7) is -0.679. The topological polar surface area (TPSA) is 196 Å². The number of aliphatic hydroxyl groups excluding tert-OH is 2. The molecule has 1 aliphatic carbocycles. The number of fused-ring (bicyclic) bond motifs is 1. The zero-order valence-corrected chi connectivity index (χ0v) is 20.5. The minimum atomic E-state index is -4.81. The third-order valence-corrected chi connectivity index (χ3v) is 9.53. The maximum atomic E-state index is 11.9. The lowest BCUT2D eigenvalue weighted by Crippen LogP contribution is -2.33. The summed E-state index contributed by atoms with van der Waals surface area (Å²) in [6, 6.07) is 1.94. The Bertz CT molecular complexity index is 1120. The Kier molecular flexibility index (Phi) is 7.71. The van der Waals surface area contributed by atoms with Crippen molar-refractivity contribution in [1.82, 2.24) is 14.6 Å². The SMILES string of the molecule is O=P(O)(O)CP(=O)(O)OC[C@H]1O[C@@H](c2cnc3c(NC4CCCCC4)cc(Cl)nn23)[C@H](O)[C@@H]1O. The zero-order chi connectivity index (χ0) is 24.7. The average Bonchev–Trinajstić information content (AvgIpc) is 3.27. The molecule has 6 N–H and O–H groups in total. The van der Waals surface area contributed by atoms with Gasteiger partial charge in [0.25, 0.3) is 0 Å². The highest BCUT2D eigenvalue weighted by molar-refractivity contribution is 7.70. The highest BCUT2D eigenvalue weighted by Crippen LogP contribution is 2.55. The minimum Gasteiger partial charge on any atom is -0.387 e. The summed E-state index contributed by atoms with van der Waals surface area (Å²) in [7, 11) is -9.46. The van der Waals surface area contributed by atoms with Crippen LogP contribution in [0, 0.1) is 0 Å². The molecule has 1 saturated carbocycles. The van der Waals surface area contributed by atoms with Gasteiger partial charge in [-0.05, 0) is 12.8 Å². The van der Waals surface area contributed by atoms with Crippen LogP contribution in [0.25, 0.3) is 5.65 Å². The summed E-state index contributed by atoms with van der Waals surface area (Å²) in [5.41, 5.74) is 1.42. The Morgan fingerprint density at radius 1 is 1.18 bits per heavy atom. The van der Waals surface area contributed by atoms with Gasteiger partial charge in [-0.3, -0.25) is 9.13 Å². The van der Waals surface area contributed by atoms with E-state index in [4.69, 9.17) is 30.6 Å². The van der Waals surface area contributed by atoms with Crippen molar-refractivity contribution in [2.24, 2.45) is 0 Å². The fraction of sp³-hybridized carbons (Fsp3) is 0.667. The number of nitrogens with zero attached hydrogens (tertiary/aromatic N) is 3. The lowest BCUT2D eigenvalue weighted by molar-refractivity contribution is -0.0204. The van der Waals surface area contributed by atoms with Crippen LogP contribution < -0.4 is 5.32 Å². The second-order valence-corrected chi connectivity index (χ2v) is 13.0. The van der Waals surface area contributed by atoms with E-state index in [1.54, 1.807) is 6.07 Å². The van der Waals surface area contributed by atoms with Gasteiger partial charge < -0.3 is 39.5 Å². The molecule has 34 heavy (non-hydrogen) atoms. The van der Waals surface area contributed by atoms with Crippen LogP contribution in [0.15, 0.2) is 12.3 Å². The number of rotatable bonds is 8. The number of halogens is 1. The van der Waals surface area contributed by atoms with E-state index in [1.807, 2.05) is 0 Å². The Labute approximate surface area is 199 Å². The summed E-state index contributed by atoms with van der Waals surface area (Å²) < 4.78 is 34.7. The van der Waals surface area contributed by atoms with E-state index in [1.165, 1.54) is 17.1 Å². The molecule has 3 heterocycles. The van der Waals surface area contributed by atoms with E-state index in [2.05, 4.69) is 15.4 Å². The molecule has 2 fully saturated rings. The van der Waals surface area contributed by atoms with Crippen molar-refractivity contribution < 1.29 is 43.3 Å². The quantitative estimate of drug-likeness (QED) is 0.265. The molecule has 2 aromatic rings. The van der Waals surface area contributed by atoms with Crippen LogP contribution in [-0.2, 0) is 18.4 Å². The van der Waals surface area contributed by atoms with Crippen molar-refractivity contribution in [1.29, 1.82) is 0 Å². The van der Waals surface area contributed by atoms with E-state index in [0.29, 0.717) is 17.0 Å². The number of ether oxygens (including phenoxy) is 1. The fourth-order valence-electron chi connectivity index (χ4n) is 4.32. The van der Waals surface area contributed by atoms with Crippen LogP contribution in [0.3, 0.4) is 0 Å². The van der Waals surface area contributed by atoms with Crippen molar-refractivity contribution in [2.45, 2.75) is 62.6 Å². The van der Waals surface area contributed by atoms with Crippen LogP contribution >= 0.6 is 26.8 Å². The molecule has 0 amide bonds. The molecule has 16 heteroatoms. The summed E-state index contributed by atoms with van der Waals surface area (Å²) in [5, 5.41) is 28.8. The zero-order valence-electron chi connectivity index (χ0n) is 18.0. The second kappa shape index (κ2) is 10.1. The molecule has 13 nitrogen and oxygen atoms in total. The third kappa shape index (κ3) is 5.99. The number of aromatic nitrogens is 3. The molecular weight excluding hydrogens is 514 g/mol. The molecule has 0 bridgehead atoms. The van der Waals surface area contributed by atoms with Gasteiger partial charge in [-0.2, -0.15) is 5.10 Å². The number of aliphatic hydroxyl groups is 2. The fourth-order valence-corrected chi connectivity index (χ4v) is 7.07. The largest absolute Gasteiger partial charge is 0.387 e. The van der Waals surface area contributed by atoms with Gasteiger partial charge in [0.15, 0.2) is 16.7 Å². The van der Waals surface area contributed by atoms with Gasteiger partial charge in [-0.1, -0.05) is 30.9 Å². The van der Waals surface area contributed by atoms with Crippen molar-refractivity contribution in [2.75, 3.05) is 17.8 Å². The monoisotopic (exact) mass is 540 g/mol. The van der Waals surface area contributed by atoms with Crippen molar-refractivity contribution >= 4 is 38.1 Å². The second-order valence-electron chi connectivity index (χ2n) is 8.59. The van der Waals surface area contributed by atoms with Gasteiger partial charge >= 0.3 is 15.2 Å². The van der Waals surface area contributed by atoms with E-state index in [-0.39, 0.29) is 11.2 Å². The van der Waals surface area contributed by atoms with Crippen LogP contribution in [-0.4, -0.2) is 76.4 Å². The minimum absolute atomic E-state index is 0.177. The first kappa shape index (κ1) is 26.0. The predicted molar refractivity (Wildman–Crippen MR) is 121 cm³/mol. The molecule has 4 rings (SSSR count). The number of nitrogens with one attached hydrogen (secondary N) is 1. The Balaban J connectivity index is 1.52. The van der Waals surface area contributed by atoms with Crippen molar-refractivity contribution in [3.63, 3.8) is 0 Å². The summed E-state index contributed by atoms with van der Waals surface area (Å²) >= 11 is 6.23. The molecule has 1 unspecified atom stereocenters. The van der Waals surface area contributed by atoms with Crippen LogP contribution in [0.4, 0.5) is 5.69 Å². The molecule has 5 atom stereocenters. The standard InChI is InChI=1S/C18H27ClN4O9P2/c19-14-6-11(21-10-4-2-1-3-5-10)18-20-7-12(23(18)22-14)17-16(25)15(24)13(32-17)8-31-34(29,30)9-33(26,27)28/h6-7,10,13,15-17,21,24-25H,1-5,8-9H2,(H,29,30)(H2,26,27,28)/t13-,15-,16-,17+/m1/s1. The van der Waals surface area contributed by atoms with Crippen molar-refractivity contribution in [3.8, 4) is 0 Å². The highest BCUT2D eigenvalue weighted by Gasteiger charge is 2.46. The Hall–Kier alpha value is -1.11. The van der Waals surface area contributed by atoms with Crippen LogP contribution in [0.5, 0.6) is 0 Å². The van der Waals surface area contributed by atoms with Crippen LogP contribution in [0.2, 0.25) is 5.15 Å². The molecule has 0 radical (unpaired) electrons. The maximum absolute atomic E-state index is 11.9. The summed E-state index contributed by atoms with van der Waals surface area (Å²) in [4.78, 5) is 31.8. The Morgan fingerprint density at radius 3 is 2.56 bits per heavy atom. The number of anilines is 1. The Morgan fingerprint density at radius 2 is 1.88 bits per heavy atom. The van der Waals surface area contributed by atoms with Gasteiger partial charge in [0.1, 0.15) is 24.4 Å². The predicted octanol–water partition coefficient (Wildman–Crippen LogP) is 1.63. The van der Waals surface area contributed by atoms with Gasteiger partial charge in [0.2, 0.25) is 0 Å². The van der Waals surface area contributed by atoms with Gasteiger partial charge in [0, 0.05) is 12.1 Å². The first-order chi connectivity index (χ1) is 15.9. The molecule has 2 aliphatic rings.